The van der Waals surface area contributed by atoms with Crippen LogP contribution in [0.15, 0.2) is 18.3 Å². The Labute approximate surface area is 69.8 Å². The van der Waals surface area contributed by atoms with E-state index < -0.39 is 0 Å². The minimum atomic E-state index is 0.698. The van der Waals surface area contributed by atoms with Crippen molar-refractivity contribution in [3.05, 3.63) is 35.3 Å². The predicted molar refractivity (Wildman–Crippen MR) is 47.1 cm³/mol. The SMILES string of the molecule is [C-]#[N+]c1cc2cn[nH]c2cc1C. The molecule has 58 valence electrons. The van der Waals surface area contributed by atoms with Crippen LogP contribution in [0.4, 0.5) is 5.69 Å². The summed E-state index contributed by atoms with van der Waals surface area (Å²) in [4.78, 5) is 3.41. The molecule has 2 aromatic rings. The first-order valence-corrected chi connectivity index (χ1v) is 3.62. The van der Waals surface area contributed by atoms with Gasteiger partial charge in [0.15, 0.2) is 5.69 Å². The van der Waals surface area contributed by atoms with Gasteiger partial charge in [-0.2, -0.15) is 5.10 Å². The maximum atomic E-state index is 6.91. The summed E-state index contributed by atoms with van der Waals surface area (Å²) in [6.45, 7) is 8.83. The zero-order chi connectivity index (χ0) is 8.55. The number of aryl methyl sites for hydroxylation is 1. The zero-order valence-electron chi connectivity index (χ0n) is 6.63. The van der Waals surface area contributed by atoms with E-state index in [2.05, 4.69) is 15.0 Å². The molecular weight excluding hydrogens is 150 g/mol. The number of fused-ring (bicyclic) bond motifs is 1. The Bertz CT molecular complexity index is 462. The molecule has 2 rings (SSSR count). The van der Waals surface area contributed by atoms with Crippen molar-refractivity contribution in [2.75, 3.05) is 0 Å². The maximum Gasteiger partial charge on any atom is 0.190 e. The van der Waals surface area contributed by atoms with Gasteiger partial charge in [0, 0.05) is 5.39 Å². The van der Waals surface area contributed by atoms with Crippen LogP contribution in [0, 0.1) is 13.5 Å². The van der Waals surface area contributed by atoms with Gasteiger partial charge in [0.05, 0.1) is 18.3 Å². The lowest BCUT2D eigenvalue weighted by Gasteiger charge is -1.95. The molecule has 0 radical (unpaired) electrons. The number of rotatable bonds is 0. The van der Waals surface area contributed by atoms with E-state index in [-0.39, 0.29) is 0 Å². The molecule has 0 aliphatic carbocycles. The standard InChI is InChI=1S/C9H7N3/c1-6-3-9-7(5-11-12-9)4-8(6)10-2/h3-5H,1H3,(H,11,12). The first kappa shape index (κ1) is 6.86. The van der Waals surface area contributed by atoms with Crippen molar-refractivity contribution < 1.29 is 0 Å². The van der Waals surface area contributed by atoms with Crippen molar-refractivity contribution in [3.8, 4) is 0 Å². The monoisotopic (exact) mass is 157 g/mol. The van der Waals surface area contributed by atoms with E-state index in [0.29, 0.717) is 5.69 Å². The summed E-state index contributed by atoms with van der Waals surface area (Å²) in [7, 11) is 0. The van der Waals surface area contributed by atoms with Crippen LogP contribution in [0.5, 0.6) is 0 Å². The number of H-pyrrole nitrogens is 1. The smallest absolute Gasteiger partial charge is 0.190 e. The van der Waals surface area contributed by atoms with Crippen molar-refractivity contribution in [2.45, 2.75) is 6.92 Å². The highest BCUT2D eigenvalue weighted by Crippen LogP contribution is 2.23. The molecule has 0 saturated carbocycles. The molecule has 1 heterocycles. The second kappa shape index (κ2) is 2.35. The Kier molecular flexibility index (Phi) is 1.34. The number of aromatic amines is 1. The first-order chi connectivity index (χ1) is 5.81. The van der Waals surface area contributed by atoms with E-state index in [9.17, 15) is 0 Å². The molecule has 1 N–H and O–H groups in total. The molecule has 0 unspecified atom stereocenters. The van der Waals surface area contributed by atoms with Gasteiger partial charge in [0.25, 0.3) is 0 Å². The highest BCUT2D eigenvalue weighted by molar-refractivity contribution is 5.83. The van der Waals surface area contributed by atoms with Crippen LogP contribution in [-0.2, 0) is 0 Å². The second-order valence-electron chi connectivity index (χ2n) is 2.71. The lowest BCUT2D eigenvalue weighted by Crippen LogP contribution is -1.73. The van der Waals surface area contributed by atoms with E-state index in [1.807, 2.05) is 19.1 Å². The molecule has 0 bridgehead atoms. The van der Waals surface area contributed by atoms with Gasteiger partial charge in [-0.05, 0) is 24.6 Å². The third-order valence-electron chi connectivity index (χ3n) is 1.88. The summed E-state index contributed by atoms with van der Waals surface area (Å²) in [5.74, 6) is 0. The fourth-order valence-corrected chi connectivity index (χ4v) is 1.21. The fraction of sp³-hybridized carbons (Fsp3) is 0.111. The van der Waals surface area contributed by atoms with E-state index in [1.54, 1.807) is 6.20 Å². The Morgan fingerprint density at radius 3 is 3.08 bits per heavy atom. The molecule has 3 heteroatoms. The summed E-state index contributed by atoms with van der Waals surface area (Å²) in [6, 6.07) is 3.79. The van der Waals surface area contributed by atoms with Crippen LogP contribution >= 0.6 is 0 Å². The van der Waals surface area contributed by atoms with Gasteiger partial charge in [0.1, 0.15) is 0 Å². The van der Waals surface area contributed by atoms with Crippen LogP contribution in [0.3, 0.4) is 0 Å². The summed E-state index contributed by atoms with van der Waals surface area (Å²) < 4.78 is 0. The lowest BCUT2D eigenvalue weighted by atomic mass is 10.1. The van der Waals surface area contributed by atoms with Crippen LogP contribution in [-0.4, -0.2) is 10.2 Å². The van der Waals surface area contributed by atoms with Gasteiger partial charge in [-0.15, -0.1) is 0 Å². The largest absolute Gasteiger partial charge is 0.278 e. The number of hydrogen-bond donors (Lipinski definition) is 1. The number of nitrogens with one attached hydrogen (secondary N) is 1. The molecule has 0 fully saturated rings. The van der Waals surface area contributed by atoms with Gasteiger partial charge in [-0.1, -0.05) is 0 Å². The summed E-state index contributed by atoms with van der Waals surface area (Å²) in [5, 5.41) is 7.74. The third kappa shape index (κ3) is 0.857. The van der Waals surface area contributed by atoms with Gasteiger partial charge in [-0.3, -0.25) is 5.10 Å². The van der Waals surface area contributed by atoms with Crippen LogP contribution in [0.2, 0.25) is 0 Å². The van der Waals surface area contributed by atoms with Gasteiger partial charge >= 0.3 is 0 Å². The van der Waals surface area contributed by atoms with E-state index in [1.165, 1.54) is 0 Å². The van der Waals surface area contributed by atoms with E-state index in [4.69, 9.17) is 6.57 Å². The van der Waals surface area contributed by atoms with E-state index >= 15 is 0 Å². The van der Waals surface area contributed by atoms with Crippen molar-refractivity contribution in [1.82, 2.24) is 10.2 Å². The van der Waals surface area contributed by atoms with Crippen LogP contribution in [0.1, 0.15) is 5.56 Å². The Morgan fingerprint density at radius 1 is 1.50 bits per heavy atom. The van der Waals surface area contributed by atoms with Crippen molar-refractivity contribution in [2.24, 2.45) is 0 Å². The maximum absolute atomic E-state index is 6.91. The van der Waals surface area contributed by atoms with Crippen LogP contribution < -0.4 is 0 Å². The predicted octanol–water partition coefficient (Wildman–Crippen LogP) is 2.42. The molecule has 0 aliphatic heterocycles. The molecule has 0 atom stereocenters. The highest BCUT2D eigenvalue weighted by Gasteiger charge is 2.01. The molecule has 0 spiro atoms. The summed E-state index contributed by atoms with van der Waals surface area (Å²) in [6.07, 6.45) is 1.73. The minimum Gasteiger partial charge on any atom is -0.278 e. The second-order valence-corrected chi connectivity index (χ2v) is 2.71. The zero-order valence-corrected chi connectivity index (χ0v) is 6.63. The molecular formula is C9H7N3. The highest BCUT2D eigenvalue weighted by atomic mass is 15.1. The quantitative estimate of drug-likeness (QED) is 0.585. The van der Waals surface area contributed by atoms with Crippen molar-refractivity contribution in [1.29, 1.82) is 0 Å². The summed E-state index contributed by atoms with van der Waals surface area (Å²) >= 11 is 0. The third-order valence-corrected chi connectivity index (χ3v) is 1.88. The number of benzene rings is 1. The topological polar surface area (TPSA) is 33.0 Å². The Hall–Kier alpha value is -1.82. The van der Waals surface area contributed by atoms with Gasteiger partial charge in [-0.25, -0.2) is 4.85 Å². The first-order valence-electron chi connectivity index (χ1n) is 3.62. The molecule has 1 aromatic carbocycles. The number of aromatic nitrogens is 2. The van der Waals surface area contributed by atoms with E-state index in [0.717, 1.165) is 16.5 Å². The minimum absolute atomic E-state index is 0.698. The lowest BCUT2D eigenvalue weighted by molar-refractivity contribution is 1.12. The molecule has 1 aromatic heterocycles. The van der Waals surface area contributed by atoms with Gasteiger partial charge in [0.2, 0.25) is 0 Å². The van der Waals surface area contributed by atoms with Gasteiger partial charge < -0.3 is 0 Å². The molecule has 12 heavy (non-hydrogen) atoms. The Balaban J connectivity index is 2.84. The normalized spacial score (nSPS) is 10.0. The fourth-order valence-electron chi connectivity index (χ4n) is 1.21. The molecule has 0 amide bonds. The number of hydrogen-bond acceptors (Lipinski definition) is 1. The van der Waals surface area contributed by atoms with Crippen molar-refractivity contribution in [3.63, 3.8) is 0 Å². The molecule has 3 nitrogen and oxygen atoms in total. The average Bonchev–Trinajstić information content (AvgIpc) is 2.49. The molecule has 0 aliphatic rings. The Morgan fingerprint density at radius 2 is 2.33 bits per heavy atom. The van der Waals surface area contributed by atoms with Crippen molar-refractivity contribution >= 4 is 16.6 Å². The summed E-state index contributed by atoms with van der Waals surface area (Å²) in [5.41, 5.74) is 2.67. The average molecular weight is 157 g/mol. The molecule has 0 saturated heterocycles. The van der Waals surface area contributed by atoms with Crippen LogP contribution in [0.25, 0.3) is 15.7 Å². The number of nitrogens with zero attached hydrogens (tertiary/aromatic N) is 2.